The molecule has 0 radical (unpaired) electrons. The van der Waals surface area contributed by atoms with Gasteiger partial charge in [-0.2, -0.15) is 13.2 Å². The van der Waals surface area contributed by atoms with Crippen LogP contribution in [0.3, 0.4) is 0 Å². The van der Waals surface area contributed by atoms with Gasteiger partial charge in [-0.15, -0.1) is 0 Å². The van der Waals surface area contributed by atoms with Gasteiger partial charge in [-0.1, -0.05) is 0 Å². The van der Waals surface area contributed by atoms with Gasteiger partial charge in [0.15, 0.2) is 5.96 Å². The normalized spacial score (nSPS) is 25.4. The van der Waals surface area contributed by atoms with Crippen LogP contribution in [0.4, 0.5) is 13.2 Å². The van der Waals surface area contributed by atoms with Crippen LogP contribution in [-0.2, 0) is 4.79 Å². The summed E-state index contributed by atoms with van der Waals surface area (Å²) in [5, 5.41) is 6.24. The molecule has 150 valence electrons. The van der Waals surface area contributed by atoms with Crippen molar-refractivity contribution in [3.8, 4) is 0 Å². The second-order valence-corrected chi connectivity index (χ2v) is 7.16. The summed E-state index contributed by atoms with van der Waals surface area (Å²) >= 11 is 0. The van der Waals surface area contributed by atoms with Crippen LogP contribution in [0.5, 0.6) is 0 Å². The maximum atomic E-state index is 12.5. The van der Waals surface area contributed by atoms with Gasteiger partial charge < -0.3 is 15.5 Å². The lowest BCUT2D eigenvalue weighted by Crippen LogP contribution is -2.47. The third-order valence-corrected chi connectivity index (χ3v) is 4.99. The molecule has 0 aromatic carbocycles. The Morgan fingerprint density at radius 2 is 2.00 bits per heavy atom. The monoisotopic (exact) mass is 377 g/mol. The molecule has 0 bridgehead atoms. The summed E-state index contributed by atoms with van der Waals surface area (Å²) in [5.41, 5.74) is 0. The zero-order valence-electron chi connectivity index (χ0n) is 15.6. The van der Waals surface area contributed by atoms with Gasteiger partial charge in [0, 0.05) is 51.7 Å². The Morgan fingerprint density at radius 3 is 2.65 bits per heavy atom. The second kappa shape index (κ2) is 9.43. The van der Waals surface area contributed by atoms with Gasteiger partial charge in [0.25, 0.3) is 0 Å². The average Bonchev–Trinajstić information content (AvgIpc) is 2.99. The number of guanidine groups is 1. The molecule has 6 nitrogen and oxygen atoms in total. The number of aliphatic imine (C=N–C) groups is 1. The van der Waals surface area contributed by atoms with Crippen molar-refractivity contribution in [3.63, 3.8) is 0 Å². The van der Waals surface area contributed by atoms with E-state index < -0.39 is 12.7 Å². The number of nitrogens with zero attached hydrogens (tertiary/aromatic N) is 3. The maximum absolute atomic E-state index is 12.5. The molecule has 2 aliphatic heterocycles. The number of piperidine rings is 1. The van der Waals surface area contributed by atoms with E-state index in [1.54, 1.807) is 7.05 Å². The zero-order chi connectivity index (χ0) is 19.2. The average molecular weight is 377 g/mol. The van der Waals surface area contributed by atoms with Crippen molar-refractivity contribution in [1.29, 1.82) is 0 Å². The topological polar surface area (TPSA) is 60.0 Å². The Labute approximate surface area is 153 Å². The van der Waals surface area contributed by atoms with Crippen molar-refractivity contribution in [1.82, 2.24) is 20.4 Å². The summed E-state index contributed by atoms with van der Waals surface area (Å²) in [7, 11) is 1.62. The largest absolute Gasteiger partial charge is 0.401 e. The van der Waals surface area contributed by atoms with Crippen LogP contribution in [0, 0.1) is 0 Å². The molecule has 2 atom stereocenters. The van der Waals surface area contributed by atoms with Crippen LogP contribution in [-0.4, -0.2) is 79.7 Å². The molecule has 2 N–H and O–H groups in total. The van der Waals surface area contributed by atoms with E-state index in [-0.39, 0.29) is 11.9 Å². The molecule has 0 saturated carbocycles. The molecule has 0 aromatic rings. The van der Waals surface area contributed by atoms with Gasteiger partial charge in [-0.05, 0) is 32.6 Å². The Kier molecular flexibility index (Phi) is 7.55. The summed E-state index contributed by atoms with van der Waals surface area (Å²) in [6.45, 7) is 3.24. The van der Waals surface area contributed by atoms with E-state index in [4.69, 9.17) is 0 Å². The van der Waals surface area contributed by atoms with Crippen LogP contribution in [0.15, 0.2) is 4.99 Å². The minimum atomic E-state index is -4.17. The van der Waals surface area contributed by atoms with Crippen LogP contribution in [0.1, 0.15) is 39.0 Å². The highest BCUT2D eigenvalue weighted by molar-refractivity contribution is 5.81. The van der Waals surface area contributed by atoms with E-state index in [1.165, 1.54) is 11.3 Å². The van der Waals surface area contributed by atoms with E-state index >= 15 is 0 Å². The van der Waals surface area contributed by atoms with Crippen molar-refractivity contribution in [2.24, 2.45) is 4.99 Å². The summed E-state index contributed by atoms with van der Waals surface area (Å²) in [6.07, 6.45) is 0.144. The minimum Gasteiger partial charge on any atom is -0.356 e. The standard InChI is InChI=1S/C17H30F3N5O/c1-13-5-3-4-9-25(13)15(26)6-8-22-16(21-2)23-14-7-10-24(11-14)12-17(18,19)20/h13-14H,3-12H2,1-2H3,(H2,21,22,23). The van der Waals surface area contributed by atoms with Gasteiger partial charge in [-0.25, -0.2) is 0 Å². The molecule has 2 aliphatic rings. The quantitative estimate of drug-likeness (QED) is 0.564. The zero-order valence-corrected chi connectivity index (χ0v) is 15.6. The summed E-state index contributed by atoms with van der Waals surface area (Å²) < 4.78 is 37.4. The van der Waals surface area contributed by atoms with E-state index in [9.17, 15) is 18.0 Å². The summed E-state index contributed by atoms with van der Waals surface area (Å²) in [5.74, 6) is 0.667. The molecular formula is C17H30F3N5O. The molecule has 2 unspecified atom stereocenters. The van der Waals surface area contributed by atoms with Crippen molar-refractivity contribution in [2.45, 2.75) is 57.3 Å². The van der Waals surface area contributed by atoms with Gasteiger partial charge in [0.2, 0.25) is 5.91 Å². The first-order valence-corrected chi connectivity index (χ1v) is 9.34. The van der Waals surface area contributed by atoms with Crippen molar-refractivity contribution < 1.29 is 18.0 Å². The first-order chi connectivity index (χ1) is 12.3. The number of alkyl halides is 3. The molecular weight excluding hydrogens is 347 g/mol. The lowest BCUT2D eigenvalue weighted by atomic mass is 10.0. The van der Waals surface area contributed by atoms with Crippen LogP contribution < -0.4 is 10.6 Å². The third kappa shape index (κ3) is 6.66. The van der Waals surface area contributed by atoms with E-state index in [1.807, 2.05) is 4.90 Å². The molecule has 26 heavy (non-hydrogen) atoms. The third-order valence-electron chi connectivity index (χ3n) is 4.99. The van der Waals surface area contributed by atoms with Gasteiger partial charge in [0.05, 0.1) is 6.54 Å². The predicted molar refractivity (Wildman–Crippen MR) is 95.0 cm³/mol. The van der Waals surface area contributed by atoms with Crippen molar-refractivity contribution in [2.75, 3.05) is 39.8 Å². The molecule has 9 heteroatoms. The highest BCUT2D eigenvalue weighted by atomic mass is 19.4. The second-order valence-electron chi connectivity index (χ2n) is 7.16. The fourth-order valence-electron chi connectivity index (χ4n) is 3.64. The van der Waals surface area contributed by atoms with Crippen molar-refractivity contribution in [3.05, 3.63) is 0 Å². The Bertz CT molecular complexity index is 497. The van der Waals surface area contributed by atoms with Crippen LogP contribution >= 0.6 is 0 Å². The molecule has 1 amide bonds. The number of likely N-dealkylation sites (tertiary alicyclic amines) is 2. The fourth-order valence-corrected chi connectivity index (χ4v) is 3.64. The van der Waals surface area contributed by atoms with Crippen molar-refractivity contribution >= 4 is 11.9 Å². The Morgan fingerprint density at radius 1 is 1.23 bits per heavy atom. The Hall–Kier alpha value is -1.51. The van der Waals surface area contributed by atoms with Crippen LogP contribution in [0.2, 0.25) is 0 Å². The van der Waals surface area contributed by atoms with Gasteiger partial charge in [-0.3, -0.25) is 14.7 Å². The molecule has 2 saturated heterocycles. The summed E-state index contributed by atoms with van der Waals surface area (Å²) in [6, 6.07) is 0.230. The summed E-state index contributed by atoms with van der Waals surface area (Å²) in [4.78, 5) is 19.7. The van der Waals surface area contributed by atoms with Crippen LogP contribution in [0.25, 0.3) is 0 Å². The smallest absolute Gasteiger partial charge is 0.356 e. The Balaban J connectivity index is 1.69. The van der Waals surface area contributed by atoms with E-state index in [0.29, 0.717) is 44.5 Å². The first kappa shape index (κ1) is 20.8. The number of carbonyl (C=O) groups excluding carboxylic acids is 1. The SMILES string of the molecule is CN=C(NCCC(=O)N1CCCCC1C)NC1CCN(CC(F)(F)F)C1. The molecule has 0 spiro atoms. The molecule has 2 fully saturated rings. The first-order valence-electron chi connectivity index (χ1n) is 9.34. The molecule has 0 aliphatic carbocycles. The molecule has 2 heterocycles. The van der Waals surface area contributed by atoms with E-state index in [2.05, 4.69) is 22.5 Å². The number of rotatable bonds is 5. The number of amides is 1. The van der Waals surface area contributed by atoms with E-state index in [0.717, 1.165) is 19.4 Å². The lowest BCUT2D eigenvalue weighted by Gasteiger charge is -2.33. The minimum absolute atomic E-state index is 0.0682. The number of hydrogen-bond acceptors (Lipinski definition) is 3. The highest BCUT2D eigenvalue weighted by Crippen LogP contribution is 2.20. The highest BCUT2D eigenvalue weighted by Gasteiger charge is 2.34. The number of nitrogens with one attached hydrogen (secondary N) is 2. The number of hydrogen-bond donors (Lipinski definition) is 2. The van der Waals surface area contributed by atoms with Gasteiger partial charge >= 0.3 is 6.18 Å². The number of carbonyl (C=O) groups is 1. The van der Waals surface area contributed by atoms with Gasteiger partial charge in [0.1, 0.15) is 0 Å². The predicted octanol–water partition coefficient (Wildman–Crippen LogP) is 1.58. The molecule has 0 aromatic heterocycles. The lowest BCUT2D eigenvalue weighted by molar-refractivity contribution is -0.143. The fraction of sp³-hybridized carbons (Fsp3) is 0.882. The molecule has 2 rings (SSSR count). The maximum Gasteiger partial charge on any atom is 0.401 e. The number of halogens is 3.